The second kappa shape index (κ2) is 5.05. The lowest BCUT2D eigenvalue weighted by atomic mass is 10.2. The molecule has 1 heterocycles. The molecular weight excluding hydrogens is 240 g/mol. The molecule has 1 aromatic carbocycles. The van der Waals surface area contributed by atoms with Gasteiger partial charge in [-0.2, -0.15) is 0 Å². The molecule has 17 heavy (non-hydrogen) atoms. The van der Waals surface area contributed by atoms with Crippen LogP contribution in [-0.2, 0) is 5.88 Å². The third kappa shape index (κ3) is 2.68. The fourth-order valence-corrected chi connectivity index (χ4v) is 1.55. The quantitative estimate of drug-likeness (QED) is 0.848. The van der Waals surface area contributed by atoms with E-state index in [1.54, 1.807) is 0 Å². The summed E-state index contributed by atoms with van der Waals surface area (Å²) in [5.41, 5.74) is 1.94. The number of para-hydroxylation sites is 2. The summed E-state index contributed by atoms with van der Waals surface area (Å²) < 4.78 is 5.29. The molecule has 0 saturated carbocycles. The van der Waals surface area contributed by atoms with Gasteiger partial charge in [0.15, 0.2) is 0 Å². The molecule has 0 unspecified atom stereocenters. The zero-order valence-corrected chi connectivity index (χ0v) is 10.4. The monoisotopic (exact) mass is 252 g/mol. The first kappa shape index (κ1) is 11.7. The molecule has 0 aliphatic rings. The molecular formula is C11H13ClN4O. The number of benzene rings is 1. The lowest BCUT2D eigenvalue weighted by Crippen LogP contribution is -2.10. The molecule has 0 aliphatic heterocycles. The van der Waals surface area contributed by atoms with E-state index in [2.05, 4.69) is 15.5 Å². The summed E-state index contributed by atoms with van der Waals surface area (Å²) in [6, 6.07) is 8.20. The van der Waals surface area contributed by atoms with Crippen molar-refractivity contribution in [3.8, 4) is 0 Å². The highest BCUT2D eigenvalue weighted by Gasteiger charge is 2.08. The highest BCUT2D eigenvalue weighted by Crippen LogP contribution is 2.26. The molecule has 0 fully saturated rings. The molecule has 0 aliphatic carbocycles. The predicted molar refractivity (Wildman–Crippen MR) is 67.9 cm³/mol. The maximum atomic E-state index is 5.59. The molecule has 0 radical (unpaired) electrons. The molecule has 5 nitrogen and oxygen atoms in total. The van der Waals surface area contributed by atoms with Crippen molar-refractivity contribution in [2.45, 2.75) is 5.88 Å². The highest BCUT2D eigenvalue weighted by molar-refractivity contribution is 6.16. The van der Waals surface area contributed by atoms with Gasteiger partial charge in [0.05, 0.1) is 11.4 Å². The average molecular weight is 253 g/mol. The van der Waals surface area contributed by atoms with Gasteiger partial charge in [-0.3, -0.25) is 0 Å². The third-order valence-corrected chi connectivity index (χ3v) is 2.44. The molecule has 0 atom stereocenters. The Bertz CT molecular complexity index is 498. The first-order valence-electron chi connectivity index (χ1n) is 5.12. The van der Waals surface area contributed by atoms with Gasteiger partial charge in [0.2, 0.25) is 5.89 Å². The van der Waals surface area contributed by atoms with E-state index in [0.29, 0.717) is 11.9 Å². The van der Waals surface area contributed by atoms with Gasteiger partial charge in [0.1, 0.15) is 5.88 Å². The van der Waals surface area contributed by atoms with Crippen molar-refractivity contribution < 1.29 is 4.42 Å². The number of hydrogen-bond acceptors (Lipinski definition) is 5. The number of hydrogen-bond donors (Lipinski definition) is 1. The van der Waals surface area contributed by atoms with Gasteiger partial charge in [-0.25, -0.2) is 0 Å². The van der Waals surface area contributed by atoms with Gasteiger partial charge < -0.3 is 14.6 Å². The SMILES string of the molecule is CN(C)c1ccccc1Nc1nnc(CCl)o1. The van der Waals surface area contributed by atoms with Crippen molar-refractivity contribution in [1.82, 2.24) is 10.2 Å². The minimum Gasteiger partial charge on any atom is -0.407 e. The fourth-order valence-electron chi connectivity index (χ4n) is 1.44. The topological polar surface area (TPSA) is 54.2 Å². The molecule has 1 N–H and O–H groups in total. The molecule has 0 spiro atoms. The lowest BCUT2D eigenvalue weighted by Gasteiger charge is -2.16. The maximum absolute atomic E-state index is 5.59. The highest BCUT2D eigenvalue weighted by atomic mass is 35.5. The summed E-state index contributed by atoms with van der Waals surface area (Å²) in [5, 5.41) is 10.7. The van der Waals surface area contributed by atoms with Gasteiger partial charge in [-0.15, -0.1) is 16.7 Å². The Labute approximate surface area is 104 Å². The van der Waals surface area contributed by atoms with Crippen molar-refractivity contribution in [2.75, 3.05) is 24.3 Å². The van der Waals surface area contributed by atoms with E-state index in [1.807, 2.05) is 43.3 Å². The minimum atomic E-state index is 0.212. The van der Waals surface area contributed by atoms with Crippen molar-refractivity contribution in [3.63, 3.8) is 0 Å². The average Bonchev–Trinajstić information content (AvgIpc) is 2.77. The minimum absolute atomic E-state index is 0.212. The summed E-state index contributed by atoms with van der Waals surface area (Å²) in [4.78, 5) is 2.00. The lowest BCUT2D eigenvalue weighted by molar-refractivity contribution is 0.530. The fraction of sp³-hybridized carbons (Fsp3) is 0.273. The first-order valence-corrected chi connectivity index (χ1v) is 5.66. The van der Waals surface area contributed by atoms with Crippen LogP contribution in [0.4, 0.5) is 17.4 Å². The third-order valence-electron chi connectivity index (χ3n) is 2.21. The smallest absolute Gasteiger partial charge is 0.320 e. The molecule has 2 rings (SSSR count). The van der Waals surface area contributed by atoms with Crippen LogP contribution in [0.1, 0.15) is 5.89 Å². The number of aromatic nitrogens is 2. The molecule has 90 valence electrons. The number of nitrogens with one attached hydrogen (secondary N) is 1. The summed E-state index contributed by atoms with van der Waals surface area (Å²) in [7, 11) is 3.94. The molecule has 0 bridgehead atoms. The number of rotatable bonds is 4. The van der Waals surface area contributed by atoms with Gasteiger partial charge in [-0.05, 0) is 12.1 Å². The van der Waals surface area contributed by atoms with Gasteiger partial charge in [0.25, 0.3) is 0 Å². The van der Waals surface area contributed by atoms with E-state index in [1.165, 1.54) is 0 Å². The number of halogens is 1. The van der Waals surface area contributed by atoms with Crippen LogP contribution in [0.3, 0.4) is 0 Å². The number of alkyl halides is 1. The zero-order chi connectivity index (χ0) is 12.3. The van der Waals surface area contributed by atoms with Crippen LogP contribution in [-0.4, -0.2) is 24.3 Å². The Morgan fingerprint density at radius 1 is 1.29 bits per heavy atom. The zero-order valence-electron chi connectivity index (χ0n) is 9.64. The van der Waals surface area contributed by atoms with Gasteiger partial charge in [-0.1, -0.05) is 17.2 Å². The molecule has 2 aromatic rings. The van der Waals surface area contributed by atoms with E-state index in [4.69, 9.17) is 16.0 Å². The summed E-state index contributed by atoms with van der Waals surface area (Å²) >= 11 is 5.59. The van der Waals surface area contributed by atoms with E-state index in [0.717, 1.165) is 11.4 Å². The van der Waals surface area contributed by atoms with E-state index in [9.17, 15) is 0 Å². The van der Waals surface area contributed by atoms with Crippen molar-refractivity contribution in [3.05, 3.63) is 30.2 Å². The second-order valence-electron chi connectivity index (χ2n) is 3.67. The van der Waals surface area contributed by atoms with Gasteiger partial charge >= 0.3 is 6.01 Å². The Kier molecular flexibility index (Phi) is 3.49. The Morgan fingerprint density at radius 3 is 2.71 bits per heavy atom. The van der Waals surface area contributed by atoms with Crippen LogP contribution in [0, 0.1) is 0 Å². The van der Waals surface area contributed by atoms with Crippen LogP contribution in [0.25, 0.3) is 0 Å². The molecule has 0 saturated heterocycles. The molecule has 6 heteroatoms. The predicted octanol–water partition coefficient (Wildman–Crippen LogP) is 2.62. The van der Waals surface area contributed by atoms with Crippen LogP contribution in [0.15, 0.2) is 28.7 Å². The summed E-state index contributed by atoms with van der Waals surface area (Å²) in [6.07, 6.45) is 0. The number of nitrogens with zero attached hydrogens (tertiary/aromatic N) is 3. The maximum Gasteiger partial charge on any atom is 0.320 e. The molecule has 1 aromatic heterocycles. The Balaban J connectivity index is 2.23. The van der Waals surface area contributed by atoms with E-state index in [-0.39, 0.29) is 5.88 Å². The first-order chi connectivity index (χ1) is 8.20. The van der Waals surface area contributed by atoms with Crippen molar-refractivity contribution in [2.24, 2.45) is 0 Å². The summed E-state index contributed by atoms with van der Waals surface area (Å²) in [6.45, 7) is 0. The van der Waals surface area contributed by atoms with E-state index >= 15 is 0 Å². The van der Waals surface area contributed by atoms with E-state index < -0.39 is 0 Å². The number of anilines is 3. The van der Waals surface area contributed by atoms with Crippen LogP contribution >= 0.6 is 11.6 Å². The largest absolute Gasteiger partial charge is 0.407 e. The van der Waals surface area contributed by atoms with Crippen molar-refractivity contribution in [1.29, 1.82) is 0 Å². The van der Waals surface area contributed by atoms with Crippen molar-refractivity contribution >= 4 is 29.0 Å². The van der Waals surface area contributed by atoms with Gasteiger partial charge in [0, 0.05) is 14.1 Å². The van der Waals surface area contributed by atoms with Crippen LogP contribution < -0.4 is 10.2 Å². The van der Waals surface area contributed by atoms with Crippen LogP contribution in [0.2, 0.25) is 0 Å². The summed E-state index contributed by atoms with van der Waals surface area (Å²) in [5.74, 6) is 0.612. The van der Waals surface area contributed by atoms with Crippen LogP contribution in [0.5, 0.6) is 0 Å². The normalized spacial score (nSPS) is 10.3. The molecule has 0 amide bonds. The Hall–Kier alpha value is -1.75. The standard InChI is InChI=1S/C11H13ClN4O/c1-16(2)9-6-4-3-5-8(9)13-11-15-14-10(7-12)17-11/h3-6H,7H2,1-2H3,(H,13,15). The Morgan fingerprint density at radius 2 is 2.06 bits per heavy atom. The second-order valence-corrected chi connectivity index (χ2v) is 3.94.